The van der Waals surface area contributed by atoms with E-state index in [9.17, 15) is 13.2 Å². The van der Waals surface area contributed by atoms with Crippen LogP contribution in [0.3, 0.4) is 0 Å². The number of rotatable bonds is 6. The van der Waals surface area contributed by atoms with Gasteiger partial charge in [-0.15, -0.1) is 0 Å². The highest BCUT2D eigenvalue weighted by Crippen LogP contribution is 2.17. The summed E-state index contributed by atoms with van der Waals surface area (Å²) in [5.74, 6) is -0.731. The topological polar surface area (TPSA) is 102 Å². The van der Waals surface area contributed by atoms with Gasteiger partial charge in [0, 0.05) is 11.6 Å². The largest absolute Gasteiger partial charge is 0.353 e. The number of sulfone groups is 1. The molecule has 0 fully saturated rings. The van der Waals surface area contributed by atoms with E-state index in [1.54, 1.807) is 26.0 Å². The molecule has 1 amide bonds. The molecular formula is C15H19N3O4S. The molecule has 2 rings (SSSR count). The summed E-state index contributed by atoms with van der Waals surface area (Å²) in [7, 11) is -3.74. The maximum absolute atomic E-state index is 12.3. The van der Waals surface area contributed by atoms with Crippen molar-refractivity contribution in [1.82, 2.24) is 15.5 Å². The van der Waals surface area contributed by atoms with Crippen molar-refractivity contribution in [2.45, 2.75) is 37.8 Å². The molecule has 0 saturated heterocycles. The van der Waals surface area contributed by atoms with Crippen LogP contribution >= 0.6 is 0 Å². The molecule has 0 radical (unpaired) electrons. The summed E-state index contributed by atoms with van der Waals surface area (Å²) in [6.45, 7) is 4.88. The quantitative estimate of drug-likeness (QED) is 0.858. The van der Waals surface area contributed by atoms with Crippen LogP contribution in [0.15, 0.2) is 34.9 Å². The normalized spacial score (nSPS) is 13.0. The van der Waals surface area contributed by atoms with Crippen LogP contribution in [0, 0.1) is 0 Å². The van der Waals surface area contributed by atoms with Gasteiger partial charge >= 0.3 is 0 Å². The molecule has 1 N–H and O–H groups in total. The van der Waals surface area contributed by atoms with Crippen molar-refractivity contribution >= 4 is 15.7 Å². The Morgan fingerprint density at radius 1 is 1.22 bits per heavy atom. The summed E-state index contributed by atoms with van der Waals surface area (Å²) >= 11 is 0. The Hall–Kier alpha value is -2.22. The Kier molecular flexibility index (Phi) is 5.15. The molecule has 0 aliphatic rings. The maximum Gasteiger partial charge on any atom is 0.242 e. The number of aromatic nitrogens is 2. The van der Waals surface area contributed by atoms with Crippen molar-refractivity contribution in [3.05, 3.63) is 36.2 Å². The minimum Gasteiger partial charge on any atom is -0.353 e. The highest BCUT2D eigenvalue weighted by Gasteiger charge is 2.30. The van der Waals surface area contributed by atoms with Crippen molar-refractivity contribution in [1.29, 1.82) is 0 Å². The van der Waals surface area contributed by atoms with Crippen LogP contribution in [0.25, 0.3) is 11.4 Å². The van der Waals surface area contributed by atoms with E-state index in [-0.39, 0.29) is 11.9 Å². The molecule has 1 unspecified atom stereocenters. The Balaban J connectivity index is 2.12. The van der Waals surface area contributed by atoms with E-state index in [1.807, 2.05) is 18.2 Å². The Morgan fingerprint density at radius 3 is 2.48 bits per heavy atom. The molecular weight excluding hydrogens is 318 g/mol. The van der Waals surface area contributed by atoms with Gasteiger partial charge in [-0.3, -0.25) is 4.79 Å². The number of nitrogens with one attached hydrogen (secondary N) is 1. The minimum atomic E-state index is -3.74. The van der Waals surface area contributed by atoms with Gasteiger partial charge < -0.3 is 9.84 Å². The van der Waals surface area contributed by atoms with E-state index in [0.717, 1.165) is 5.56 Å². The van der Waals surface area contributed by atoms with Crippen LogP contribution in [0.4, 0.5) is 0 Å². The molecule has 0 aliphatic heterocycles. The fourth-order valence-electron chi connectivity index (χ4n) is 1.88. The summed E-state index contributed by atoms with van der Waals surface area (Å²) in [5.41, 5.74) is 0.727. The van der Waals surface area contributed by atoms with Crippen LogP contribution in [-0.2, 0) is 20.4 Å². The average Bonchev–Trinajstić information content (AvgIpc) is 2.94. The van der Waals surface area contributed by atoms with Crippen molar-refractivity contribution in [3.63, 3.8) is 0 Å². The van der Waals surface area contributed by atoms with Gasteiger partial charge in [0.2, 0.25) is 17.6 Å². The van der Waals surface area contributed by atoms with Crippen molar-refractivity contribution in [2.24, 2.45) is 0 Å². The Bertz CT molecular complexity index is 769. The summed E-state index contributed by atoms with van der Waals surface area (Å²) in [6, 6.07) is 8.95. The fourth-order valence-corrected chi connectivity index (χ4v) is 2.99. The molecule has 124 valence electrons. The van der Waals surface area contributed by atoms with Crippen LogP contribution in [0.2, 0.25) is 0 Å². The van der Waals surface area contributed by atoms with Gasteiger partial charge in [-0.1, -0.05) is 35.5 Å². The predicted molar refractivity (Wildman–Crippen MR) is 85.1 cm³/mol. The van der Waals surface area contributed by atoms with Gasteiger partial charge in [0.1, 0.15) is 11.0 Å². The van der Waals surface area contributed by atoms with E-state index in [0.29, 0.717) is 5.82 Å². The molecule has 0 bridgehead atoms. The van der Waals surface area contributed by atoms with E-state index < -0.39 is 26.7 Å². The predicted octanol–water partition coefficient (Wildman–Crippen LogP) is 1.56. The number of hydrogen-bond acceptors (Lipinski definition) is 6. The van der Waals surface area contributed by atoms with E-state index >= 15 is 0 Å². The Labute approximate surface area is 135 Å². The van der Waals surface area contributed by atoms with E-state index in [1.165, 1.54) is 6.92 Å². The van der Waals surface area contributed by atoms with Crippen molar-refractivity contribution in [3.8, 4) is 11.4 Å². The standard InChI is InChI=1S/C15H19N3O4S/c1-10(2)16-15(19)11(3)23(20,21)9-13-17-14(18-22-13)12-7-5-4-6-8-12/h4-8,10-11H,9H2,1-3H3,(H,16,19). The summed E-state index contributed by atoms with van der Waals surface area (Å²) in [4.78, 5) is 15.9. The molecule has 1 aromatic heterocycles. The first-order valence-electron chi connectivity index (χ1n) is 7.19. The lowest BCUT2D eigenvalue weighted by atomic mass is 10.2. The molecule has 1 heterocycles. The molecule has 0 aliphatic carbocycles. The number of benzene rings is 1. The second kappa shape index (κ2) is 6.91. The second-order valence-electron chi connectivity index (χ2n) is 5.49. The first-order valence-corrected chi connectivity index (χ1v) is 8.91. The van der Waals surface area contributed by atoms with Crippen molar-refractivity contribution < 1.29 is 17.7 Å². The zero-order chi connectivity index (χ0) is 17.0. The van der Waals surface area contributed by atoms with Crippen LogP contribution in [0.1, 0.15) is 26.7 Å². The number of hydrogen-bond donors (Lipinski definition) is 1. The number of amides is 1. The lowest BCUT2D eigenvalue weighted by molar-refractivity contribution is -0.120. The molecule has 7 nitrogen and oxygen atoms in total. The molecule has 8 heteroatoms. The van der Waals surface area contributed by atoms with E-state index in [4.69, 9.17) is 4.52 Å². The highest BCUT2D eigenvalue weighted by molar-refractivity contribution is 7.92. The molecule has 2 aromatic rings. The first-order chi connectivity index (χ1) is 10.8. The van der Waals surface area contributed by atoms with Crippen LogP contribution < -0.4 is 5.32 Å². The lowest BCUT2D eigenvalue weighted by Crippen LogP contribution is -2.41. The van der Waals surface area contributed by atoms with Gasteiger partial charge in [0.05, 0.1) is 0 Å². The van der Waals surface area contributed by atoms with Gasteiger partial charge in [-0.2, -0.15) is 4.98 Å². The first kappa shape index (κ1) is 17.1. The third kappa shape index (κ3) is 4.38. The smallest absolute Gasteiger partial charge is 0.242 e. The summed E-state index contributed by atoms with van der Waals surface area (Å²) in [6.07, 6.45) is 0. The number of carbonyl (C=O) groups is 1. The number of nitrogens with zero attached hydrogens (tertiary/aromatic N) is 2. The van der Waals surface area contributed by atoms with Gasteiger partial charge in [0.15, 0.2) is 9.84 Å². The summed E-state index contributed by atoms with van der Waals surface area (Å²) in [5, 5.41) is 5.17. The third-order valence-corrected chi connectivity index (χ3v) is 5.10. The van der Waals surface area contributed by atoms with Crippen molar-refractivity contribution in [2.75, 3.05) is 0 Å². The zero-order valence-corrected chi connectivity index (χ0v) is 14.0. The SMILES string of the molecule is CC(C)NC(=O)C(C)S(=O)(=O)Cc1nc(-c2ccccc2)no1. The Morgan fingerprint density at radius 2 is 1.87 bits per heavy atom. The molecule has 0 saturated carbocycles. The maximum atomic E-state index is 12.3. The van der Waals surface area contributed by atoms with Gasteiger partial charge in [-0.05, 0) is 20.8 Å². The summed E-state index contributed by atoms with van der Waals surface area (Å²) < 4.78 is 29.6. The molecule has 1 aromatic carbocycles. The zero-order valence-electron chi connectivity index (χ0n) is 13.2. The van der Waals surface area contributed by atoms with Crippen LogP contribution in [-0.4, -0.2) is 35.8 Å². The van der Waals surface area contributed by atoms with Gasteiger partial charge in [0.25, 0.3) is 0 Å². The monoisotopic (exact) mass is 337 g/mol. The highest BCUT2D eigenvalue weighted by atomic mass is 32.2. The lowest BCUT2D eigenvalue weighted by Gasteiger charge is -2.14. The minimum absolute atomic E-state index is 0.0342. The molecule has 23 heavy (non-hydrogen) atoms. The molecule has 1 atom stereocenters. The van der Waals surface area contributed by atoms with Crippen LogP contribution in [0.5, 0.6) is 0 Å². The fraction of sp³-hybridized carbons (Fsp3) is 0.400. The second-order valence-corrected chi connectivity index (χ2v) is 7.81. The van der Waals surface area contributed by atoms with Gasteiger partial charge in [-0.25, -0.2) is 8.42 Å². The third-order valence-electron chi connectivity index (χ3n) is 3.16. The van der Waals surface area contributed by atoms with E-state index in [2.05, 4.69) is 15.5 Å². The number of carbonyl (C=O) groups excluding carboxylic acids is 1. The average molecular weight is 337 g/mol. The molecule has 0 spiro atoms.